The molecular weight excluding hydrogens is 447 g/mol. The van der Waals surface area contributed by atoms with E-state index in [0.717, 1.165) is 19.3 Å². The van der Waals surface area contributed by atoms with Crippen molar-refractivity contribution >= 4 is 60.7 Å². The number of rotatable bonds is 12. The quantitative estimate of drug-likeness (QED) is 0.146. The van der Waals surface area contributed by atoms with Gasteiger partial charge >= 0.3 is 8.56 Å². The van der Waals surface area contributed by atoms with Gasteiger partial charge in [-0.2, -0.15) is 0 Å². The van der Waals surface area contributed by atoms with Gasteiger partial charge in [0.2, 0.25) is 0 Å². The van der Waals surface area contributed by atoms with Crippen LogP contribution in [0.3, 0.4) is 0 Å². The highest BCUT2D eigenvalue weighted by Gasteiger charge is 2.34. The van der Waals surface area contributed by atoms with Crippen molar-refractivity contribution in [2.75, 3.05) is 6.61 Å². The van der Waals surface area contributed by atoms with Crippen LogP contribution in [0.2, 0.25) is 6.04 Å². The molecule has 0 atom stereocenters. The minimum Gasteiger partial charge on any atom is -0.378 e. The first-order valence-electron chi connectivity index (χ1n) is 10.6. The number of benzene rings is 1. The lowest BCUT2D eigenvalue weighted by atomic mass is 9.82. The summed E-state index contributed by atoms with van der Waals surface area (Å²) in [4.78, 5) is 0. The molecule has 0 aromatic heterocycles. The lowest BCUT2D eigenvalue weighted by Crippen LogP contribution is -2.28. The molecule has 4 nitrogen and oxygen atoms in total. The van der Waals surface area contributed by atoms with E-state index < -0.39 is 8.56 Å². The molecule has 1 aliphatic rings. The largest absolute Gasteiger partial charge is 0.461 e. The summed E-state index contributed by atoms with van der Waals surface area (Å²) in [5, 5.41) is 7.11. The number of unbranched alkanes of at least 4 members (excludes halogenated alkanes) is 1. The zero-order valence-electron chi connectivity index (χ0n) is 17.5. The topological polar surface area (TPSA) is 46.3 Å². The number of nitrogens with zero attached hydrogens (tertiary/aromatic N) is 3. The third-order valence-corrected chi connectivity index (χ3v) is 8.82. The molecule has 160 valence electrons. The number of hydrogen-bond acceptors (Lipinski definition) is 7. The van der Waals surface area contributed by atoms with Crippen molar-refractivity contribution in [3.05, 3.63) is 35.4 Å². The van der Waals surface area contributed by atoms with Crippen molar-refractivity contribution in [1.82, 2.24) is 0 Å². The molecule has 2 rings (SSSR count). The van der Waals surface area contributed by atoms with Crippen LogP contribution in [0.25, 0.3) is 0 Å². The van der Waals surface area contributed by atoms with Crippen LogP contribution in [0.4, 0.5) is 0 Å². The van der Waals surface area contributed by atoms with Crippen molar-refractivity contribution in [3.8, 4) is 0 Å². The molecule has 0 unspecified atom stereocenters. The van der Waals surface area contributed by atoms with Crippen molar-refractivity contribution in [1.29, 1.82) is 0 Å². The third-order valence-electron chi connectivity index (χ3n) is 5.63. The van der Waals surface area contributed by atoms with E-state index in [-0.39, 0.29) is 0 Å². The predicted octanol–water partition coefficient (Wildman–Crippen LogP) is 6.71. The highest BCUT2D eigenvalue weighted by molar-refractivity contribution is 7.78. The minimum absolute atomic E-state index is 0.318. The first kappa shape index (κ1) is 25.1. The molecule has 1 saturated carbocycles. The van der Waals surface area contributed by atoms with Crippen LogP contribution in [0, 0.1) is 0 Å². The van der Waals surface area contributed by atoms with Crippen LogP contribution >= 0.6 is 36.7 Å². The molecule has 0 aliphatic heterocycles. The highest BCUT2D eigenvalue weighted by Crippen LogP contribution is 2.34. The van der Waals surface area contributed by atoms with E-state index in [9.17, 15) is 0 Å². The van der Waals surface area contributed by atoms with E-state index in [0.29, 0.717) is 24.7 Å². The fourth-order valence-corrected chi connectivity index (χ4v) is 6.78. The Morgan fingerprint density at radius 1 is 0.933 bits per heavy atom. The summed E-state index contributed by atoms with van der Waals surface area (Å²) in [7, 11) is -2.80. The van der Waals surface area contributed by atoms with E-state index >= 15 is 0 Å². The molecule has 0 N–H and O–H groups in total. The van der Waals surface area contributed by atoms with Crippen molar-refractivity contribution in [3.63, 3.8) is 0 Å². The molecular formula is C22H29N3OS3Si. The minimum atomic E-state index is -2.80. The Labute approximate surface area is 197 Å². The molecule has 0 saturated heterocycles. The highest BCUT2D eigenvalue weighted by atomic mass is 32.1. The zero-order chi connectivity index (χ0) is 21.7. The second-order valence-electron chi connectivity index (χ2n) is 7.68. The Hall–Kier alpha value is -1.20. The summed E-state index contributed by atoms with van der Waals surface area (Å²) in [6.45, 7) is 2.88. The lowest BCUT2D eigenvalue weighted by Gasteiger charge is -2.29. The van der Waals surface area contributed by atoms with Gasteiger partial charge in [0, 0.05) is 12.7 Å². The number of hydrogen-bond donors (Lipinski definition) is 0. The molecule has 30 heavy (non-hydrogen) atoms. The van der Waals surface area contributed by atoms with Gasteiger partial charge in [0.15, 0.2) is 0 Å². The maximum atomic E-state index is 6.12. The van der Waals surface area contributed by atoms with E-state index in [1.165, 1.54) is 43.2 Å². The van der Waals surface area contributed by atoms with Crippen LogP contribution in [-0.2, 0) is 11.2 Å². The van der Waals surface area contributed by atoms with Gasteiger partial charge in [0.1, 0.15) is 0 Å². The molecule has 1 aliphatic carbocycles. The fraction of sp³-hybridized carbons (Fsp3) is 0.591. The lowest BCUT2D eigenvalue weighted by molar-refractivity contribution is 0.0250. The van der Waals surface area contributed by atoms with Gasteiger partial charge in [-0.3, -0.25) is 0 Å². The molecule has 8 heteroatoms. The van der Waals surface area contributed by atoms with Gasteiger partial charge in [0.05, 0.1) is 21.6 Å². The average molecular weight is 476 g/mol. The summed E-state index contributed by atoms with van der Waals surface area (Å²) in [5.74, 6) is 0.649. The summed E-state index contributed by atoms with van der Waals surface area (Å²) < 4.78 is 18.5. The van der Waals surface area contributed by atoms with E-state index in [1.807, 2.05) is 0 Å². The average Bonchev–Trinajstić information content (AvgIpc) is 2.77. The molecule has 0 heterocycles. The smallest absolute Gasteiger partial charge is 0.378 e. The molecule has 1 aromatic rings. The summed E-state index contributed by atoms with van der Waals surface area (Å²) >= 11 is 14.2. The van der Waals surface area contributed by atoms with Crippen molar-refractivity contribution < 1.29 is 4.74 Å². The Morgan fingerprint density at radius 3 is 2.07 bits per heavy atom. The van der Waals surface area contributed by atoms with Gasteiger partial charge in [-0.15, -0.1) is 0 Å². The molecule has 0 bridgehead atoms. The monoisotopic (exact) mass is 475 g/mol. The zero-order valence-corrected chi connectivity index (χ0v) is 21.0. The standard InChI is InChI=1S/C22H29N3OS3Si/c1-2-3-5-19-6-8-20(9-7-19)21-10-12-22(13-11-21)26-14-4-15-30(23-16-27,24-17-28)25-18-29/h6-9,21-22H,2-5,10-15H2,1H3/t21-,22-. The van der Waals surface area contributed by atoms with E-state index in [1.54, 1.807) is 0 Å². The Balaban J connectivity index is 1.76. The van der Waals surface area contributed by atoms with Gasteiger partial charge in [-0.1, -0.05) is 37.6 Å². The van der Waals surface area contributed by atoms with Crippen LogP contribution in [0.15, 0.2) is 38.2 Å². The van der Waals surface area contributed by atoms with Crippen LogP contribution in [0.5, 0.6) is 0 Å². The number of isothiocyanates is 3. The summed E-state index contributed by atoms with van der Waals surface area (Å²) in [5.41, 5.74) is 2.92. The van der Waals surface area contributed by atoms with Gasteiger partial charge in [-0.25, -0.2) is 14.0 Å². The summed E-state index contributed by atoms with van der Waals surface area (Å²) in [6.07, 6.45) is 9.33. The van der Waals surface area contributed by atoms with Crippen LogP contribution in [0.1, 0.15) is 68.9 Å². The van der Waals surface area contributed by atoms with E-state index in [2.05, 4.69) is 60.6 Å². The van der Waals surface area contributed by atoms with Crippen LogP contribution < -0.4 is 0 Å². The summed E-state index contributed by atoms with van der Waals surface area (Å²) in [6, 6.07) is 9.87. The van der Waals surface area contributed by atoms with Crippen LogP contribution in [-0.4, -0.2) is 36.8 Å². The number of ether oxygens (including phenoxy) is 1. The molecule has 0 spiro atoms. The van der Waals surface area contributed by atoms with E-state index in [4.69, 9.17) is 41.4 Å². The van der Waals surface area contributed by atoms with Gasteiger partial charge < -0.3 is 4.74 Å². The van der Waals surface area contributed by atoms with Gasteiger partial charge in [-0.05, 0) is 98.6 Å². The molecule has 0 radical (unpaired) electrons. The fourth-order valence-electron chi connectivity index (χ4n) is 3.92. The van der Waals surface area contributed by atoms with Crippen molar-refractivity contribution in [2.45, 2.75) is 76.4 Å². The molecule has 0 amide bonds. The third kappa shape index (κ3) is 8.14. The first-order chi connectivity index (χ1) is 14.7. The molecule has 1 fully saturated rings. The number of thiocarbonyl (C=S) groups is 3. The maximum absolute atomic E-state index is 6.12. The van der Waals surface area contributed by atoms with Gasteiger partial charge in [0.25, 0.3) is 0 Å². The predicted molar refractivity (Wildman–Crippen MR) is 136 cm³/mol. The maximum Gasteiger partial charge on any atom is 0.461 e. The molecule has 1 aromatic carbocycles. The van der Waals surface area contributed by atoms with Crippen molar-refractivity contribution in [2.24, 2.45) is 14.0 Å². The Morgan fingerprint density at radius 2 is 1.53 bits per heavy atom. The second kappa shape index (κ2) is 14.0. The SMILES string of the molecule is CCCCc1ccc([C@H]2CC[C@H](OCCC[Si](N=C=S)(N=C=S)N=C=S)CC2)cc1. The Kier molecular flexibility index (Phi) is 11.7. The Bertz CT molecular complexity index is 760. The first-order valence-corrected chi connectivity index (χ1v) is 13.9. The normalized spacial score (nSPS) is 20.2. The second-order valence-corrected chi connectivity index (χ2v) is 10.9. The number of aryl methyl sites for hydroxylation is 1.